The van der Waals surface area contributed by atoms with Gasteiger partial charge in [0, 0.05) is 18.4 Å². The van der Waals surface area contributed by atoms with Crippen molar-refractivity contribution >= 4 is 0 Å². The molecule has 0 saturated heterocycles. The number of aliphatic hydroxyl groups is 2. The highest BCUT2D eigenvalue weighted by atomic mass is 16.5. The molecule has 0 heterocycles. The van der Waals surface area contributed by atoms with Gasteiger partial charge in [0.1, 0.15) is 0 Å². The molecule has 3 saturated carbocycles. The Kier molecular flexibility index (Phi) is 6.79. The Balaban J connectivity index is 1.71. The first kappa shape index (κ1) is 26.4. The van der Waals surface area contributed by atoms with Crippen LogP contribution in [0, 0.1) is 45.3 Å². The Morgan fingerprint density at radius 2 is 1.74 bits per heavy atom. The van der Waals surface area contributed by atoms with Gasteiger partial charge < -0.3 is 14.9 Å². The monoisotopic (exact) mass is 472 g/mol. The number of aliphatic hydroxyl groups excluding tert-OH is 2. The van der Waals surface area contributed by atoms with Crippen LogP contribution < -0.4 is 0 Å². The summed E-state index contributed by atoms with van der Waals surface area (Å²) in [5.74, 6) is 2.17. The van der Waals surface area contributed by atoms with Gasteiger partial charge in [0.2, 0.25) is 0 Å². The van der Waals surface area contributed by atoms with Crippen LogP contribution in [0.2, 0.25) is 0 Å². The van der Waals surface area contributed by atoms with Crippen LogP contribution in [0.1, 0.15) is 100 Å². The lowest BCUT2D eigenvalue weighted by Gasteiger charge is -2.67. The molecule has 0 aromatic rings. The van der Waals surface area contributed by atoms with Gasteiger partial charge in [-0.3, -0.25) is 0 Å². The molecule has 0 radical (unpaired) electrons. The molecule has 4 aliphatic carbocycles. The molecule has 2 N–H and O–H groups in total. The fourth-order valence-electron chi connectivity index (χ4n) is 9.89. The van der Waals surface area contributed by atoms with E-state index in [-0.39, 0.29) is 40.0 Å². The number of hydrogen-bond donors (Lipinski definition) is 2. The summed E-state index contributed by atoms with van der Waals surface area (Å²) < 4.78 is 6.32. The van der Waals surface area contributed by atoms with Gasteiger partial charge in [-0.05, 0) is 92.8 Å². The van der Waals surface area contributed by atoms with E-state index < -0.39 is 0 Å². The third-order valence-electron chi connectivity index (χ3n) is 11.9. The maximum absolute atomic E-state index is 10.9. The summed E-state index contributed by atoms with van der Waals surface area (Å²) in [7, 11) is 1.90. The molecule has 0 amide bonds. The number of ether oxygens (including phenoxy) is 1. The van der Waals surface area contributed by atoms with Gasteiger partial charge >= 0.3 is 0 Å². The van der Waals surface area contributed by atoms with Gasteiger partial charge in [0.15, 0.2) is 0 Å². The molecule has 1 unspecified atom stereocenters. The zero-order valence-electron chi connectivity index (χ0n) is 23.4. The lowest BCUT2D eigenvalue weighted by atomic mass is 9.38. The van der Waals surface area contributed by atoms with E-state index in [1.165, 1.54) is 36.8 Å². The fourth-order valence-corrected chi connectivity index (χ4v) is 9.89. The van der Waals surface area contributed by atoms with Crippen molar-refractivity contribution in [2.24, 2.45) is 45.3 Å². The summed E-state index contributed by atoms with van der Waals surface area (Å²) in [6.07, 6.45) is 11.8. The molecular formula is C31H52O3. The highest BCUT2D eigenvalue weighted by molar-refractivity contribution is 5.32. The summed E-state index contributed by atoms with van der Waals surface area (Å²) in [6, 6.07) is 0. The summed E-state index contributed by atoms with van der Waals surface area (Å²) >= 11 is 0. The molecule has 3 heteroatoms. The number of methoxy groups -OCH3 is 1. The van der Waals surface area contributed by atoms with Crippen molar-refractivity contribution in [2.45, 2.75) is 119 Å². The fraction of sp³-hybridized carbons (Fsp3) is 0.871. The van der Waals surface area contributed by atoms with Crippen molar-refractivity contribution in [1.29, 1.82) is 0 Å². The van der Waals surface area contributed by atoms with E-state index in [0.29, 0.717) is 23.7 Å². The topological polar surface area (TPSA) is 49.7 Å². The van der Waals surface area contributed by atoms with E-state index in [1.807, 2.05) is 13.2 Å². The van der Waals surface area contributed by atoms with Crippen LogP contribution in [0.25, 0.3) is 0 Å². The minimum absolute atomic E-state index is 0.107. The standard InChI is InChI=1S/C31H52O3/c1-19(2)16-21(32)17-20(3)22-12-13-31(8)27-25(34-9)18-24-23(10-11-26(33)28(24,4)5)29(27,6)14-15-30(22,31)7/h16,18,20-23,25-27,32-33H,10-15,17H2,1-9H3/t20-,21?,22-,23-,25+,26+,27-,29+,30-,31+/m1/s1. The summed E-state index contributed by atoms with van der Waals surface area (Å²) in [5, 5.41) is 21.6. The molecular weight excluding hydrogens is 420 g/mol. The molecule has 3 fully saturated rings. The Labute approximate surface area is 209 Å². The van der Waals surface area contributed by atoms with Crippen LogP contribution in [-0.2, 0) is 4.74 Å². The van der Waals surface area contributed by atoms with E-state index in [0.717, 1.165) is 19.3 Å². The summed E-state index contributed by atoms with van der Waals surface area (Å²) in [4.78, 5) is 0. The van der Waals surface area contributed by atoms with Crippen LogP contribution in [-0.4, -0.2) is 35.6 Å². The normalized spacial score (nSPS) is 47.0. The first-order valence-corrected chi connectivity index (χ1v) is 14.0. The van der Waals surface area contributed by atoms with Crippen molar-refractivity contribution in [1.82, 2.24) is 0 Å². The van der Waals surface area contributed by atoms with Gasteiger partial charge in [0.05, 0.1) is 18.3 Å². The SMILES string of the molecule is CO[C@H]1C=C2[C@@H](CC[C@H](O)C2(C)C)[C@]2(C)CC[C@]3(C)[C@@H]([C@H](C)CC(O)C=C(C)C)CC[C@@]3(C)[C@H]12. The predicted octanol–water partition coefficient (Wildman–Crippen LogP) is 6.93. The Bertz CT molecular complexity index is 838. The maximum atomic E-state index is 10.9. The molecule has 4 rings (SSSR count). The molecule has 194 valence electrons. The van der Waals surface area contributed by atoms with E-state index >= 15 is 0 Å². The lowest BCUT2D eigenvalue weighted by Crippen LogP contribution is -2.63. The van der Waals surface area contributed by atoms with Gasteiger partial charge in [0.25, 0.3) is 0 Å². The van der Waals surface area contributed by atoms with E-state index in [1.54, 1.807) is 0 Å². The molecule has 0 aliphatic heterocycles. The Hall–Kier alpha value is -0.640. The largest absolute Gasteiger partial charge is 0.392 e. The quantitative estimate of drug-likeness (QED) is 0.427. The van der Waals surface area contributed by atoms with Crippen molar-refractivity contribution in [3.8, 4) is 0 Å². The number of fused-ring (bicyclic) bond motifs is 5. The van der Waals surface area contributed by atoms with Gasteiger partial charge in [-0.15, -0.1) is 0 Å². The highest BCUT2D eigenvalue weighted by Gasteiger charge is 2.69. The highest BCUT2D eigenvalue weighted by Crippen LogP contribution is 2.75. The third kappa shape index (κ3) is 3.70. The number of rotatable bonds is 5. The van der Waals surface area contributed by atoms with E-state index in [2.05, 4.69) is 61.5 Å². The van der Waals surface area contributed by atoms with Crippen molar-refractivity contribution in [3.05, 3.63) is 23.3 Å². The molecule has 0 aromatic heterocycles. The van der Waals surface area contributed by atoms with Crippen LogP contribution >= 0.6 is 0 Å². The second-order valence-electron chi connectivity index (χ2n) is 14.2. The first-order chi connectivity index (χ1) is 15.7. The van der Waals surface area contributed by atoms with Crippen LogP contribution in [0.5, 0.6) is 0 Å². The molecule has 4 aliphatic rings. The van der Waals surface area contributed by atoms with Crippen molar-refractivity contribution in [2.75, 3.05) is 7.11 Å². The second-order valence-corrected chi connectivity index (χ2v) is 14.2. The number of hydrogen-bond acceptors (Lipinski definition) is 3. The lowest BCUT2D eigenvalue weighted by molar-refractivity contribution is -0.183. The molecule has 10 atom stereocenters. The Morgan fingerprint density at radius 1 is 1.06 bits per heavy atom. The minimum atomic E-state index is -0.341. The average molecular weight is 473 g/mol. The van der Waals surface area contributed by atoms with E-state index in [4.69, 9.17) is 4.74 Å². The van der Waals surface area contributed by atoms with Crippen molar-refractivity contribution in [3.63, 3.8) is 0 Å². The Morgan fingerprint density at radius 3 is 2.35 bits per heavy atom. The molecule has 34 heavy (non-hydrogen) atoms. The predicted molar refractivity (Wildman–Crippen MR) is 140 cm³/mol. The van der Waals surface area contributed by atoms with E-state index in [9.17, 15) is 10.2 Å². The summed E-state index contributed by atoms with van der Waals surface area (Å²) in [6.45, 7) is 18.7. The van der Waals surface area contributed by atoms with Crippen LogP contribution in [0.3, 0.4) is 0 Å². The van der Waals surface area contributed by atoms with Crippen molar-refractivity contribution < 1.29 is 14.9 Å². The number of allylic oxidation sites excluding steroid dienone is 1. The average Bonchev–Trinajstić information content (AvgIpc) is 3.01. The van der Waals surface area contributed by atoms with Crippen LogP contribution in [0.4, 0.5) is 0 Å². The van der Waals surface area contributed by atoms with Gasteiger partial charge in [-0.25, -0.2) is 0 Å². The third-order valence-corrected chi connectivity index (χ3v) is 11.9. The first-order valence-electron chi connectivity index (χ1n) is 14.0. The molecule has 0 bridgehead atoms. The zero-order chi connectivity index (χ0) is 25.3. The zero-order valence-corrected chi connectivity index (χ0v) is 23.4. The molecule has 0 spiro atoms. The summed E-state index contributed by atoms with van der Waals surface area (Å²) in [5.41, 5.74) is 3.15. The van der Waals surface area contributed by atoms with Gasteiger partial charge in [-0.2, -0.15) is 0 Å². The van der Waals surface area contributed by atoms with Gasteiger partial charge in [-0.1, -0.05) is 64.8 Å². The maximum Gasteiger partial charge on any atom is 0.0793 e. The minimum Gasteiger partial charge on any atom is -0.392 e. The second kappa shape index (κ2) is 8.73. The van der Waals surface area contributed by atoms with Crippen LogP contribution in [0.15, 0.2) is 23.3 Å². The molecule has 3 nitrogen and oxygen atoms in total. The smallest absolute Gasteiger partial charge is 0.0793 e. The molecule has 0 aromatic carbocycles.